The van der Waals surface area contributed by atoms with Gasteiger partial charge in [0.1, 0.15) is 5.82 Å². The number of aryl methyl sites for hydroxylation is 1. The van der Waals surface area contributed by atoms with Crippen LogP contribution in [0.15, 0.2) is 0 Å². The zero-order chi connectivity index (χ0) is 16.5. The molecular weight excluding hydrogens is 306 g/mol. The van der Waals surface area contributed by atoms with E-state index in [2.05, 4.69) is 19.7 Å². The summed E-state index contributed by atoms with van der Waals surface area (Å²) in [6.45, 7) is 4.08. The second-order valence-electron chi connectivity index (χ2n) is 7.21. The third kappa shape index (κ3) is 2.95. The third-order valence-corrected chi connectivity index (χ3v) is 5.68. The van der Waals surface area contributed by atoms with E-state index in [0.29, 0.717) is 6.54 Å². The van der Waals surface area contributed by atoms with Crippen molar-refractivity contribution < 1.29 is 9.53 Å². The first-order chi connectivity index (χ1) is 11.8. The van der Waals surface area contributed by atoms with Crippen molar-refractivity contribution in [3.63, 3.8) is 0 Å². The smallest absolute Gasteiger partial charge is 0.236 e. The third-order valence-electron chi connectivity index (χ3n) is 5.68. The van der Waals surface area contributed by atoms with E-state index in [1.54, 1.807) is 7.11 Å². The van der Waals surface area contributed by atoms with E-state index >= 15 is 0 Å². The quantitative estimate of drug-likeness (QED) is 0.822. The van der Waals surface area contributed by atoms with Crippen LogP contribution in [0.3, 0.4) is 0 Å². The molecule has 0 saturated carbocycles. The van der Waals surface area contributed by atoms with Gasteiger partial charge < -0.3 is 14.2 Å². The maximum atomic E-state index is 12.7. The van der Waals surface area contributed by atoms with Crippen molar-refractivity contribution in [2.45, 2.75) is 57.2 Å². The van der Waals surface area contributed by atoms with E-state index in [1.807, 2.05) is 4.90 Å². The van der Waals surface area contributed by atoms with Crippen LogP contribution in [0, 0.1) is 0 Å². The second-order valence-corrected chi connectivity index (χ2v) is 7.21. The maximum Gasteiger partial charge on any atom is 0.236 e. The van der Waals surface area contributed by atoms with Gasteiger partial charge in [0.25, 0.3) is 0 Å². The van der Waals surface area contributed by atoms with Crippen LogP contribution >= 0.6 is 0 Å². The van der Waals surface area contributed by atoms with Gasteiger partial charge in [-0.3, -0.25) is 9.69 Å². The summed E-state index contributed by atoms with van der Waals surface area (Å²) in [6, 6.07) is 0.142. The van der Waals surface area contributed by atoms with Crippen LogP contribution in [0.2, 0.25) is 0 Å². The van der Waals surface area contributed by atoms with Crippen LogP contribution in [-0.2, 0) is 22.5 Å². The lowest BCUT2D eigenvalue weighted by molar-refractivity contribution is -0.133. The number of carbonyl (C=O) groups is 1. The minimum absolute atomic E-state index is 0.142. The molecule has 7 heteroatoms. The number of carbonyl (C=O) groups excluding carboxylic acids is 1. The van der Waals surface area contributed by atoms with Gasteiger partial charge in [-0.1, -0.05) is 0 Å². The van der Waals surface area contributed by atoms with Gasteiger partial charge in [0, 0.05) is 39.7 Å². The summed E-state index contributed by atoms with van der Waals surface area (Å²) in [5, 5.41) is 8.80. The topological polar surface area (TPSA) is 63.5 Å². The molecule has 3 aliphatic rings. The number of aromatic nitrogens is 3. The molecule has 2 fully saturated rings. The number of piperidine rings is 1. The monoisotopic (exact) mass is 333 g/mol. The summed E-state index contributed by atoms with van der Waals surface area (Å²) >= 11 is 0. The molecule has 0 bridgehead atoms. The predicted octanol–water partition coefficient (Wildman–Crippen LogP) is 0.999. The van der Waals surface area contributed by atoms with Gasteiger partial charge in [-0.2, -0.15) is 0 Å². The van der Waals surface area contributed by atoms with E-state index < -0.39 is 0 Å². The average molecular weight is 333 g/mol. The minimum atomic E-state index is 0.142. The number of likely N-dealkylation sites (tertiary alicyclic amines) is 2. The normalized spacial score (nSPS) is 27.6. The zero-order valence-electron chi connectivity index (χ0n) is 14.5. The summed E-state index contributed by atoms with van der Waals surface area (Å²) < 4.78 is 7.84. The number of nitrogens with zero attached hydrogens (tertiary/aromatic N) is 5. The predicted molar refractivity (Wildman–Crippen MR) is 88.5 cm³/mol. The Morgan fingerprint density at radius 3 is 2.79 bits per heavy atom. The van der Waals surface area contributed by atoms with Crippen molar-refractivity contribution in [3.8, 4) is 0 Å². The summed E-state index contributed by atoms with van der Waals surface area (Å²) in [5.41, 5.74) is 0. The number of ether oxygens (including phenoxy) is 1. The van der Waals surface area contributed by atoms with Gasteiger partial charge in [-0.05, 0) is 32.1 Å². The molecule has 24 heavy (non-hydrogen) atoms. The molecule has 0 aliphatic carbocycles. The van der Waals surface area contributed by atoms with Crippen molar-refractivity contribution in [2.24, 2.45) is 0 Å². The van der Waals surface area contributed by atoms with Gasteiger partial charge in [0.2, 0.25) is 5.91 Å². The van der Waals surface area contributed by atoms with Gasteiger partial charge in [0.15, 0.2) is 5.82 Å². The lowest BCUT2D eigenvalue weighted by Gasteiger charge is -2.30. The Morgan fingerprint density at radius 1 is 1.17 bits per heavy atom. The molecule has 0 spiro atoms. The lowest BCUT2D eigenvalue weighted by atomic mass is 10.1. The van der Waals surface area contributed by atoms with E-state index in [4.69, 9.17) is 4.74 Å². The molecule has 2 saturated heterocycles. The van der Waals surface area contributed by atoms with Gasteiger partial charge in [-0.25, -0.2) is 0 Å². The Bertz CT molecular complexity index is 596. The number of fused-ring (bicyclic) bond motifs is 1. The number of hydrogen-bond donors (Lipinski definition) is 0. The molecular formula is C17H27N5O2. The Morgan fingerprint density at radius 2 is 2.00 bits per heavy atom. The Balaban J connectivity index is 1.50. The highest BCUT2D eigenvalue weighted by Crippen LogP contribution is 2.34. The molecule has 7 nitrogen and oxygen atoms in total. The van der Waals surface area contributed by atoms with Gasteiger partial charge >= 0.3 is 0 Å². The van der Waals surface area contributed by atoms with Crippen LogP contribution in [-0.4, -0.2) is 69.9 Å². The van der Waals surface area contributed by atoms with Crippen LogP contribution in [0.25, 0.3) is 0 Å². The van der Waals surface area contributed by atoms with Crippen LogP contribution < -0.4 is 0 Å². The van der Waals surface area contributed by atoms with E-state index in [1.165, 1.54) is 6.42 Å². The minimum Gasteiger partial charge on any atom is -0.380 e. The second kappa shape index (κ2) is 6.80. The SMILES string of the molecule is CO[C@@H]1C[C@@H](c2nnc3n2CCC3)N(CC(=O)N2CCCCC2)C1. The Kier molecular flexibility index (Phi) is 4.54. The summed E-state index contributed by atoms with van der Waals surface area (Å²) in [6.07, 6.45) is 6.72. The molecule has 132 valence electrons. The fourth-order valence-electron chi connectivity index (χ4n) is 4.31. The molecule has 3 aliphatic heterocycles. The maximum absolute atomic E-state index is 12.7. The fourth-order valence-corrected chi connectivity index (χ4v) is 4.31. The summed E-state index contributed by atoms with van der Waals surface area (Å²) in [7, 11) is 1.76. The Labute approximate surface area is 143 Å². The first-order valence-electron chi connectivity index (χ1n) is 9.23. The highest BCUT2D eigenvalue weighted by Gasteiger charge is 2.38. The fraction of sp³-hybridized carbons (Fsp3) is 0.824. The first-order valence-corrected chi connectivity index (χ1v) is 9.23. The zero-order valence-corrected chi connectivity index (χ0v) is 14.5. The van der Waals surface area contributed by atoms with Crippen molar-refractivity contribution >= 4 is 5.91 Å². The van der Waals surface area contributed by atoms with Crippen molar-refractivity contribution in [3.05, 3.63) is 11.6 Å². The van der Waals surface area contributed by atoms with Gasteiger partial charge in [-0.15, -0.1) is 10.2 Å². The van der Waals surface area contributed by atoms with Gasteiger partial charge in [0.05, 0.1) is 18.7 Å². The van der Waals surface area contributed by atoms with Crippen LogP contribution in [0.4, 0.5) is 0 Å². The largest absolute Gasteiger partial charge is 0.380 e. The molecule has 1 aromatic heterocycles. The number of rotatable bonds is 4. The molecule has 4 rings (SSSR count). The molecule has 4 heterocycles. The summed E-state index contributed by atoms with van der Waals surface area (Å²) in [4.78, 5) is 17.0. The highest BCUT2D eigenvalue weighted by atomic mass is 16.5. The summed E-state index contributed by atoms with van der Waals surface area (Å²) in [5.74, 6) is 2.36. The van der Waals surface area contributed by atoms with Crippen molar-refractivity contribution in [2.75, 3.05) is 33.3 Å². The lowest BCUT2D eigenvalue weighted by Crippen LogP contribution is -2.43. The highest BCUT2D eigenvalue weighted by molar-refractivity contribution is 5.78. The van der Waals surface area contributed by atoms with Crippen molar-refractivity contribution in [1.82, 2.24) is 24.6 Å². The number of amides is 1. The van der Waals surface area contributed by atoms with E-state index in [-0.39, 0.29) is 18.1 Å². The van der Waals surface area contributed by atoms with Crippen molar-refractivity contribution in [1.29, 1.82) is 0 Å². The van der Waals surface area contributed by atoms with E-state index in [0.717, 1.165) is 69.9 Å². The number of hydrogen-bond acceptors (Lipinski definition) is 5. The molecule has 0 unspecified atom stereocenters. The molecule has 2 atom stereocenters. The molecule has 1 amide bonds. The molecule has 0 aromatic carbocycles. The molecule has 0 N–H and O–H groups in total. The van der Waals surface area contributed by atoms with E-state index in [9.17, 15) is 4.79 Å². The molecule has 1 aromatic rings. The Hall–Kier alpha value is -1.47. The van der Waals surface area contributed by atoms with Crippen LogP contribution in [0.1, 0.15) is 49.8 Å². The first kappa shape index (κ1) is 16.0. The molecule has 0 radical (unpaired) electrons. The van der Waals surface area contributed by atoms with Crippen LogP contribution in [0.5, 0.6) is 0 Å². The average Bonchev–Trinajstić information content (AvgIpc) is 3.31. The standard InChI is InChI=1S/C17H27N5O2/c1-24-13-10-14(17-19-18-15-6-5-9-22(15)17)21(11-13)12-16(23)20-7-3-2-4-8-20/h13-14H,2-12H2,1H3/t13-,14+/m1/s1. The number of methoxy groups -OCH3 is 1.